The molecule has 1 saturated carbocycles. The Morgan fingerprint density at radius 1 is 1.19 bits per heavy atom. The summed E-state index contributed by atoms with van der Waals surface area (Å²) in [5.41, 5.74) is -0.607. The number of hydrogen-bond donors (Lipinski definition) is 1. The van der Waals surface area contributed by atoms with Crippen LogP contribution in [0.1, 0.15) is 38.2 Å². The number of methoxy groups -OCH3 is 1. The lowest BCUT2D eigenvalue weighted by Gasteiger charge is -2.28. The molecule has 0 bridgehead atoms. The van der Waals surface area contributed by atoms with E-state index in [1.807, 2.05) is 0 Å². The van der Waals surface area contributed by atoms with Gasteiger partial charge < -0.3 is 14.8 Å². The van der Waals surface area contributed by atoms with Gasteiger partial charge >= 0.3 is 5.97 Å². The molecule has 1 atom stereocenters. The maximum absolute atomic E-state index is 13.8. The molecule has 164 valence electrons. The summed E-state index contributed by atoms with van der Waals surface area (Å²) in [5, 5.41) is 13.5. The molecule has 0 unspecified atom stereocenters. The molecule has 0 spiro atoms. The third-order valence-corrected chi connectivity index (χ3v) is 5.53. The van der Waals surface area contributed by atoms with Gasteiger partial charge in [-0.05, 0) is 43.5 Å². The molecule has 1 aliphatic carbocycles. The van der Waals surface area contributed by atoms with Crippen LogP contribution in [-0.4, -0.2) is 30.0 Å². The van der Waals surface area contributed by atoms with E-state index in [0.717, 1.165) is 18.9 Å². The molecule has 2 aromatic rings. The van der Waals surface area contributed by atoms with Gasteiger partial charge in [0.15, 0.2) is 6.10 Å². The number of nitro groups is 1. The van der Waals surface area contributed by atoms with Gasteiger partial charge in [0.25, 0.3) is 11.6 Å². The van der Waals surface area contributed by atoms with Crippen molar-refractivity contribution < 1.29 is 28.4 Å². The molecular formula is C22H23FN2O6. The van der Waals surface area contributed by atoms with Gasteiger partial charge in [0.2, 0.25) is 0 Å². The predicted octanol–water partition coefficient (Wildman–Crippen LogP) is 4.12. The molecule has 0 aliphatic heterocycles. The summed E-state index contributed by atoms with van der Waals surface area (Å²) in [5.74, 6) is -1.48. The van der Waals surface area contributed by atoms with Gasteiger partial charge in [-0.15, -0.1) is 0 Å². The highest BCUT2D eigenvalue weighted by atomic mass is 19.1. The largest absolute Gasteiger partial charge is 0.495 e. The molecule has 1 fully saturated rings. The number of nitrogens with one attached hydrogen (secondary N) is 1. The maximum Gasteiger partial charge on any atom is 0.317 e. The number of anilines is 1. The van der Waals surface area contributed by atoms with E-state index in [1.54, 1.807) is 12.1 Å². The number of halogens is 1. The summed E-state index contributed by atoms with van der Waals surface area (Å²) in [7, 11) is 1.36. The van der Waals surface area contributed by atoms with Gasteiger partial charge in [-0.1, -0.05) is 25.0 Å². The van der Waals surface area contributed by atoms with Crippen LogP contribution < -0.4 is 10.1 Å². The molecule has 3 rings (SSSR count). The Balaban J connectivity index is 1.77. The van der Waals surface area contributed by atoms with Crippen LogP contribution in [0.2, 0.25) is 0 Å². The second-order valence-electron chi connectivity index (χ2n) is 7.48. The number of carbonyl (C=O) groups excluding carboxylic acids is 2. The van der Waals surface area contributed by atoms with E-state index in [9.17, 15) is 24.1 Å². The molecule has 0 heterocycles. The summed E-state index contributed by atoms with van der Waals surface area (Å²) < 4.78 is 24.4. The fourth-order valence-corrected chi connectivity index (χ4v) is 3.84. The Morgan fingerprint density at radius 3 is 2.52 bits per heavy atom. The second kappa shape index (κ2) is 9.11. The van der Waals surface area contributed by atoms with E-state index in [0.29, 0.717) is 18.4 Å². The van der Waals surface area contributed by atoms with E-state index >= 15 is 0 Å². The van der Waals surface area contributed by atoms with Gasteiger partial charge in [0.05, 0.1) is 23.1 Å². The molecule has 0 radical (unpaired) electrons. The van der Waals surface area contributed by atoms with Gasteiger partial charge in [-0.25, -0.2) is 4.39 Å². The Labute approximate surface area is 178 Å². The molecule has 0 aromatic heterocycles. The summed E-state index contributed by atoms with van der Waals surface area (Å²) >= 11 is 0. The number of nitrogens with zero attached hydrogens (tertiary/aromatic N) is 1. The zero-order chi connectivity index (χ0) is 22.6. The van der Waals surface area contributed by atoms with Crippen molar-refractivity contribution in [2.45, 2.75) is 44.1 Å². The zero-order valence-electron chi connectivity index (χ0n) is 17.2. The van der Waals surface area contributed by atoms with Gasteiger partial charge in [-0.3, -0.25) is 19.7 Å². The number of amides is 1. The van der Waals surface area contributed by atoms with Gasteiger partial charge in [0.1, 0.15) is 11.6 Å². The van der Waals surface area contributed by atoms with Crippen LogP contribution in [0.3, 0.4) is 0 Å². The molecular weight excluding hydrogens is 407 g/mol. The lowest BCUT2D eigenvalue weighted by Crippen LogP contribution is -2.40. The SMILES string of the molecule is COc1ccc([N+](=O)[O-])cc1NC(=O)[C@H](C)OC(=O)C1(c2cccc(F)c2)CCCC1. The lowest BCUT2D eigenvalue weighted by atomic mass is 9.79. The fourth-order valence-electron chi connectivity index (χ4n) is 3.84. The highest BCUT2D eigenvalue weighted by Gasteiger charge is 2.45. The summed E-state index contributed by atoms with van der Waals surface area (Å²) in [6.07, 6.45) is 1.40. The van der Waals surface area contributed by atoms with Crippen molar-refractivity contribution in [1.82, 2.24) is 0 Å². The summed E-state index contributed by atoms with van der Waals surface area (Å²) in [6, 6.07) is 9.64. The molecule has 1 N–H and O–H groups in total. The van der Waals surface area contributed by atoms with Crippen molar-refractivity contribution >= 4 is 23.3 Å². The number of nitro benzene ring substituents is 1. The minimum atomic E-state index is -1.18. The normalized spacial score (nSPS) is 15.7. The Hall–Kier alpha value is -3.49. The van der Waals surface area contributed by atoms with Crippen molar-refractivity contribution in [3.05, 3.63) is 64.0 Å². The number of carbonyl (C=O) groups is 2. The third kappa shape index (κ3) is 4.65. The third-order valence-electron chi connectivity index (χ3n) is 5.53. The first kappa shape index (κ1) is 22.2. The van der Waals surface area contributed by atoms with E-state index in [-0.39, 0.29) is 17.1 Å². The number of hydrogen-bond acceptors (Lipinski definition) is 6. The summed E-state index contributed by atoms with van der Waals surface area (Å²) in [4.78, 5) is 36.1. The van der Waals surface area contributed by atoms with Crippen LogP contribution >= 0.6 is 0 Å². The summed E-state index contributed by atoms with van der Waals surface area (Å²) in [6.45, 7) is 1.41. The van der Waals surface area contributed by atoms with E-state index < -0.39 is 34.1 Å². The van der Waals surface area contributed by atoms with Gasteiger partial charge in [0, 0.05) is 12.1 Å². The van der Waals surface area contributed by atoms with Crippen LogP contribution in [-0.2, 0) is 19.7 Å². The van der Waals surface area contributed by atoms with Crippen LogP contribution in [0, 0.1) is 15.9 Å². The van der Waals surface area contributed by atoms with Crippen molar-refractivity contribution in [2.75, 3.05) is 12.4 Å². The van der Waals surface area contributed by atoms with Crippen molar-refractivity contribution in [2.24, 2.45) is 0 Å². The van der Waals surface area contributed by atoms with Crippen molar-refractivity contribution in [1.29, 1.82) is 0 Å². The zero-order valence-corrected chi connectivity index (χ0v) is 17.2. The van der Waals surface area contributed by atoms with Crippen LogP contribution in [0.5, 0.6) is 5.75 Å². The van der Waals surface area contributed by atoms with Crippen LogP contribution in [0.4, 0.5) is 15.8 Å². The Bertz CT molecular complexity index is 1000. The van der Waals surface area contributed by atoms with Crippen LogP contribution in [0.25, 0.3) is 0 Å². The smallest absolute Gasteiger partial charge is 0.317 e. The van der Waals surface area contributed by atoms with Gasteiger partial charge in [-0.2, -0.15) is 0 Å². The topological polar surface area (TPSA) is 108 Å². The number of ether oxygens (including phenoxy) is 2. The molecule has 9 heteroatoms. The second-order valence-corrected chi connectivity index (χ2v) is 7.48. The average Bonchev–Trinajstić information content (AvgIpc) is 3.25. The predicted molar refractivity (Wildman–Crippen MR) is 110 cm³/mol. The molecule has 8 nitrogen and oxygen atoms in total. The fraction of sp³-hybridized carbons (Fsp3) is 0.364. The standard InChI is InChI=1S/C22H23FN2O6/c1-14(20(26)24-18-13-17(25(28)29)8-9-19(18)30-2)31-21(27)22(10-3-4-11-22)15-6-5-7-16(23)12-15/h5-9,12-14H,3-4,10-11H2,1-2H3,(H,24,26)/t14-/m0/s1. The average molecular weight is 430 g/mol. The highest BCUT2D eigenvalue weighted by Crippen LogP contribution is 2.42. The Morgan fingerprint density at radius 2 is 1.90 bits per heavy atom. The minimum Gasteiger partial charge on any atom is -0.495 e. The first-order chi connectivity index (χ1) is 14.8. The monoisotopic (exact) mass is 430 g/mol. The quantitative estimate of drug-likeness (QED) is 0.402. The number of rotatable bonds is 7. The maximum atomic E-state index is 13.8. The first-order valence-corrected chi connectivity index (χ1v) is 9.87. The van der Waals surface area contributed by atoms with E-state index in [1.165, 1.54) is 38.3 Å². The molecule has 1 amide bonds. The number of benzene rings is 2. The lowest BCUT2D eigenvalue weighted by molar-refractivity contribution is -0.384. The van der Waals surface area contributed by atoms with Crippen molar-refractivity contribution in [3.63, 3.8) is 0 Å². The van der Waals surface area contributed by atoms with Crippen molar-refractivity contribution in [3.8, 4) is 5.75 Å². The highest BCUT2D eigenvalue weighted by molar-refractivity contribution is 5.97. The molecule has 2 aromatic carbocycles. The molecule has 1 aliphatic rings. The molecule has 31 heavy (non-hydrogen) atoms. The van der Waals surface area contributed by atoms with E-state index in [2.05, 4.69) is 5.32 Å². The van der Waals surface area contributed by atoms with E-state index in [4.69, 9.17) is 9.47 Å². The van der Waals surface area contributed by atoms with Crippen LogP contribution in [0.15, 0.2) is 42.5 Å². The number of non-ortho nitro benzene ring substituents is 1. The Kier molecular flexibility index (Phi) is 6.53. The molecule has 0 saturated heterocycles. The number of esters is 1. The minimum absolute atomic E-state index is 0.0882. The first-order valence-electron chi connectivity index (χ1n) is 9.87.